The van der Waals surface area contributed by atoms with Gasteiger partial charge in [0.25, 0.3) is 0 Å². The van der Waals surface area contributed by atoms with Gasteiger partial charge in [-0.1, -0.05) is 6.07 Å². The molecule has 2 aromatic heterocycles. The van der Waals surface area contributed by atoms with E-state index >= 15 is 0 Å². The third-order valence-electron chi connectivity index (χ3n) is 5.34. The van der Waals surface area contributed by atoms with Crippen molar-refractivity contribution in [2.45, 2.75) is 19.3 Å². The van der Waals surface area contributed by atoms with Gasteiger partial charge in [-0.15, -0.1) is 0 Å². The quantitative estimate of drug-likeness (QED) is 0.584. The second-order valence-electron chi connectivity index (χ2n) is 7.68. The normalized spacial score (nSPS) is 14.8. The zero-order valence-electron chi connectivity index (χ0n) is 17.3. The number of carbonyl (C=O) groups excluding carboxylic acids is 1. The second-order valence-corrected chi connectivity index (χ2v) is 7.68. The van der Waals surface area contributed by atoms with Crippen LogP contribution in [-0.4, -0.2) is 50.4 Å². The topological polar surface area (TPSA) is 95.9 Å². The van der Waals surface area contributed by atoms with Crippen molar-refractivity contribution in [2.75, 3.05) is 30.3 Å². The first-order valence-corrected chi connectivity index (χ1v) is 10.4. The first-order valence-electron chi connectivity index (χ1n) is 10.4. The van der Waals surface area contributed by atoms with Crippen molar-refractivity contribution in [3.63, 3.8) is 0 Å². The predicted octanol–water partition coefficient (Wildman–Crippen LogP) is 3.18. The van der Waals surface area contributed by atoms with Crippen LogP contribution in [0.4, 0.5) is 26.1 Å². The van der Waals surface area contributed by atoms with Gasteiger partial charge >= 0.3 is 0 Å². The summed E-state index contributed by atoms with van der Waals surface area (Å²) in [6.45, 7) is 1.56. The highest BCUT2D eigenvalue weighted by molar-refractivity contribution is 5.92. The molecule has 0 unspecified atom stereocenters. The van der Waals surface area contributed by atoms with Crippen LogP contribution in [0.3, 0.4) is 0 Å². The molecule has 1 amide bonds. The van der Waals surface area contributed by atoms with Gasteiger partial charge in [-0.2, -0.15) is 0 Å². The summed E-state index contributed by atoms with van der Waals surface area (Å²) in [5.41, 5.74) is 0.527. The summed E-state index contributed by atoms with van der Waals surface area (Å²) in [5.74, 6) is -0.297. The number of halogens is 2. The molecule has 0 aliphatic carbocycles. The maximum absolute atomic E-state index is 13.7. The lowest BCUT2D eigenvalue weighted by Crippen LogP contribution is -2.39. The summed E-state index contributed by atoms with van der Waals surface area (Å²) in [6, 6.07) is 5.39. The Balaban J connectivity index is 1.25. The fraction of sp³-hybridized carbons (Fsp3) is 0.318. The number of hydrogen-bond donors (Lipinski definition) is 2. The van der Waals surface area contributed by atoms with Crippen molar-refractivity contribution in [1.29, 1.82) is 0 Å². The minimum Gasteiger partial charge on any atom is -0.324 e. The van der Waals surface area contributed by atoms with Crippen LogP contribution in [0.2, 0.25) is 0 Å². The molecule has 0 radical (unpaired) electrons. The zero-order valence-corrected chi connectivity index (χ0v) is 17.3. The maximum atomic E-state index is 13.7. The van der Waals surface area contributed by atoms with Gasteiger partial charge in [0.05, 0.1) is 12.7 Å². The van der Waals surface area contributed by atoms with Crippen LogP contribution in [0, 0.1) is 17.6 Å². The Labute approximate surface area is 184 Å². The summed E-state index contributed by atoms with van der Waals surface area (Å²) >= 11 is 0. The van der Waals surface area contributed by atoms with Gasteiger partial charge in [0, 0.05) is 24.2 Å². The first-order chi connectivity index (χ1) is 15.6. The summed E-state index contributed by atoms with van der Waals surface area (Å²) in [4.78, 5) is 31.0. The minimum absolute atomic E-state index is 0.0974. The molecule has 0 atom stereocenters. The first kappa shape index (κ1) is 21.7. The molecule has 2 N–H and O–H groups in total. The lowest BCUT2D eigenvalue weighted by molar-refractivity contribution is -0.117. The molecule has 0 spiro atoms. The van der Waals surface area contributed by atoms with Crippen molar-refractivity contribution in [1.82, 2.24) is 24.8 Å². The number of benzene rings is 1. The number of carbonyl (C=O) groups is 1. The lowest BCUT2D eigenvalue weighted by atomic mass is 9.92. The number of aromatic nitrogens is 4. The molecule has 10 heteroatoms. The molecule has 1 saturated heterocycles. The number of nitrogens with zero attached hydrogens (tertiary/aromatic N) is 5. The van der Waals surface area contributed by atoms with Crippen LogP contribution < -0.4 is 10.6 Å². The molecule has 0 bridgehead atoms. The molecule has 1 aliphatic heterocycles. The highest BCUT2D eigenvalue weighted by Crippen LogP contribution is 2.23. The van der Waals surface area contributed by atoms with Crippen molar-refractivity contribution in [3.8, 4) is 0 Å². The fourth-order valence-corrected chi connectivity index (χ4v) is 3.72. The largest absolute Gasteiger partial charge is 0.324 e. The number of piperidine rings is 1. The molecule has 3 heterocycles. The lowest BCUT2D eigenvalue weighted by Gasteiger charge is -2.31. The van der Waals surface area contributed by atoms with E-state index in [0.717, 1.165) is 50.2 Å². The summed E-state index contributed by atoms with van der Waals surface area (Å²) in [7, 11) is 0. The van der Waals surface area contributed by atoms with E-state index in [-0.39, 0.29) is 6.54 Å². The number of hydrogen-bond acceptors (Lipinski definition) is 7. The van der Waals surface area contributed by atoms with Gasteiger partial charge in [0.1, 0.15) is 35.3 Å². The SMILES string of the molecule is O=C(CN1CCC(Cc2cc(Nc3cnccn3)ncn2)CC1)Nc1c(F)cccc1F. The molecule has 8 nitrogen and oxygen atoms in total. The van der Waals surface area contributed by atoms with Gasteiger partial charge in [0.15, 0.2) is 0 Å². The van der Waals surface area contributed by atoms with E-state index < -0.39 is 23.2 Å². The van der Waals surface area contributed by atoms with Gasteiger partial charge in [-0.25, -0.2) is 23.7 Å². The van der Waals surface area contributed by atoms with Crippen LogP contribution in [0.15, 0.2) is 49.2 Å². The summed E-state index contributed by atoms with van der Waals surface area (Å²) in [6.07, 6.45) is 8.95. The number of rotatable bonds is 7. The molecule has 32 heavy (non-hydrogen) atoms. The van der Waals surface area contributed by atoms with Crippen molar-refractivity contribution >= 4 is 23.2 Å². The number of likely N-dealkylation sites (tertiary alicyclic amines) is 1. The third kappa shape index (κ3) is 5.79. The second kappa shape index (κ2) is 10.2. The molecular weight excluding hydrogens is 416 g/mol. The van der Waals surface area contributed by atoms with E-state index in [1.807, 2.05) is 11.0 Å². The van der Waals surface area contributed by atoms with Crippen molar-refractivity contribution < 1.29 is 13.6 Å². The standard InChI is InChI=1S/C22H23F2N7O/c23-17-2-1-3-18(24)22(17)30-21(32)13-31-8-4-15(5-9-31)10-16-11-19(28-14-27-16)29-20-12-25-6-7-26-20/h1-3,6-7,11-12,14-15H,4-5,8-10,13H2,(H,30,32)(H,26,27,28,29). The van der Waals surface area contributed by atoms with Crippen LogP contribution in [0.25, 0.3) is 0 Å². The molecule has 166 valence electrons. The predicted molar refractivity (Wildman–Crippen MR) is 115 cm³/mol. The van der Waals surface area contributed by atoms with Gasteiger partial charge in [-0.3, -0.25) is 14.7 Å². The summed E-state index contributed by atoms with van der Waals surface area (Å²) < 4.78 is 27.4. The molecular formula is C22H23F2N7O. The molecule has 4 rings (SSSR count). The van der Waals surface area contributed by atoms with Crippen molar-refractivity contribution in [3.05, 3.63) is 66.5 Å². The Kier molecular flexibility index (Phi) is 6.90. The van der Waals surface area contributed by atoms with Gasteiger partial charge in [0.2, 0.25) is 5.91 Å². The average molecular weight is 439 g/mol. The van der Waals surface area contributed by atoms with E-state index in [1.54, 1.807) is 18.6 Å². The molecule has 1 aromatic carbocycles. The zero-order chi connectivity index (χ0) is 22.3. The highest BCUT2D eigenvalue weighted by atomic mass is 19.1. The summed E-state index contributed by atoms with van der Waals surface area (Å²) in [5, 5.41) is 5.45. The average Bonchev–Trinajstić information content (AvgIpc) is 2.79. The Bertz CT molecular complexity index is 1040. The Morgan fingerprint density at radius 3 is 2.56 bits per heavy atom. The molecule has 0 saturated carbocycles. The maximum Gasteiger partial charge on any atom is 0.238 e. The van der Waals surface area contributed by atoms with E-state index in [2.05, 4.69) is 30.6 Å². The van der Waals surface area contributed by atoms with E-state index in [0.29, 0.717) is 17.6 Å². The van der Waals surface area contributed by atoms with Crippen molar-refractivity contribution in [2.24, 2.45) is 5.92 Å². The van der Waals surface area contributed by atoms with E-state index in [1.165, 1.54) is 12.4 Å². The van der Waals surface area contributed by atoms with E-state index in [9.17, 15) is 13.6 Å². The third-order valence-corrected chi connectivity index (χ3v) is 5.34. The van der Waals surface area contributed by atoms with Gasteiger partial charge in [-0.05, 0) is 50.4 Å². The van der Waals surface area contributed by atoms with Crippen LogP contribution >= 0.6 is 0 Å². The Hall–Kier alpha value is -3.53. The van der Waals surface area contributed by atoms with E-state index in [4.69, 9.17) is 0 Å². The van der Waals surface area contributed by atoms with Gasteiger partial charge < -0.3 is 10.6 Å². The highest BCUT2D eigenvalue weighted by Gasteiger charge is 2.22. The minimum atomic E-state index is -0.782. The van der Waals surface area contributed by atoms with Crippen LogP contribution in [-0.2, 0) is 11.2 Å². The molecule has 1 aliphatic rings. The molecule has 1 fully saturated rings. The molecule has 3 aromatic rings. The Morgan fingerprint density at radius 2 is 1.84 bits per heavy atom. The van der Waals surface area contributed by atoms with Crippen LogP contribution in [0.1, 0.15) is 18.5 Å². The number of anilines is 3. The number of nitrogens with one attached hydrogen (secondary N) is 2. The Morgan fingerprint density at radius 1 is 1.06 bits per heavy atom. The number of para-hydroxylation sites is 1. The monoisotopic (exact) mass is 439 g/mol. The smallest absolute Gasteiger partial charge is 0.238 e. The fourth-order valence-electron chi connectivity index (χ4n) is 3.72. The number of amides is 1. The van der Waals surface area contributed by atoms with Crippen LogP contribution in [0.5, 0.6) is 0 Å².